The number of benzene rings is 1. The second kappa shape index (κ2) is 5.52. The Morgan fingerprint density at radius 1 is 1.20 bits per heavy atom. The standard InChI is InChI=1S/C14H13FN4S/c15-11-5-2-1-4-10(11)9-19-14(12(8-16)17-18-19)13-6-3-7-20-13/h1-7H,8-9,16H2. The Labute approximate surface area is 119 Å². The minimum atomic E-state index is -0.241. The van der Waals surface area contributed by atoms with Crippen molar-refractivity contribution in [2.45, 2.75) is 13.1 Å². The van der Waals surface area contributed by atoms with Gasteiger partial charge >= 0.3 is 0 Å². The van der Waals surface area contributed by atoms with Crippen molar-refractivity contribution in [1.82, 2.24) is 15.0 Å². The molecule has 0 fully saturated rings. The van der Waals surface area contributed by atoms with Gasteiger partial charge in [-0.25, -0.2) is 9.07 Å². The molecule has 2 N–H and O–H groups in total. The van der Waals surface area contributed by atoms with Crippen molar-refractivity contribution in [3.63, 3.8) is 0 Å². The minimum Gasteiger partial charge on any atom is -0.325 e. The van der Waals surface area contributed by atoms with Gasteiger partial charge in [-0.15, -0.1) is 16.4 Å². The van der Waals surface area contributed by atoms with E-state index >= 15 is 0 Å². The SMILES string of the molecule is NCc1nnn(Cc2ccccc2F)c1-c1cccs1. The molecular formula is C14H13FN4S. The van der Waals surface area contributed by atoms with Crippen LogP contribution < -0.4 is 5.73 Å². The Kier molecular flexibility index (Phi) is 3.58. The average molecular weight is 288 g/mol. The van der Waals surface area contributed by atoms with Gasteiger partial charge in [-0.1, -0.05) is 29.5 Å². The van der Waals surface area contributed by atoms with Gasteiger partial charge in [0.1, 0.15) is 17.2 Å². The van der Waals surface area contributed by atoms with E-state index in [0.29, 0.717) is 18.7 Å². The lowest BCUT2D eigenvalue weighted by molar-refractivity contribution is 0.579. The first-order valence-electron chi connectivity index (χ1n) is 6.19. The van der Waals surface area contributed by atoms with Crippen LogP contribution in [0.25, 0.3) is 10.6 Å². The number of nitrogens with two attached hydrogens (primary N) is 1. The first-order chi connectivity index (χ1) is 9.79. The van der Waals surface area contributed by atoms with E-state index in [-0.39, 0.29) is 5.82 Å². The molecule has 102 valence electrons. The van der Waals surface area contributed by atoms with Crippen molar-refractivity contribution in [1.29, 1.82) is 0 Å². The lowest BCUT2D eigenvalue weighted by Crippen LogP contribution is -2.06. The molecule has 0 aliphatic rings. The maximum atomic E-state index is 13.8. The van der Waals surface area contributed by atoms with Gasteiger partial charge in [0.25, 0.3) is 0 Å². The molecule has 2 heterocycles. The van der Waals surface area contributed by atoms with Crippen LogP contribution in [0.15, 0.2) is 41.8 Å². The number of aromatic nitrogens is 3. The van der Waals surface area contributed by atoms with Crippen LogP contribution in [-0.4, -0.2) is 15.0 Å². The van der Waals surface area contributed by atoms with E-state index in [1.54, 1.807) is 28.2 Å². The smallest absolute Gasteiger partial charge is 0.128 e. The van der Waals surface area contributed by atoms with Crippen LogP contribution in [0.2, 0.25) is 0 Å². The van der Waals surface area contributed by atoms with Gasteiger partial charge in [-0.05, 0) is 17.5 Å². The van der Waals surface area contributed by atoms with Crippen molar-refractivity contribution in [3.8, 4) is 10.6 Å². The van der Waals surface area contributed by atoms with E-state index in [1.807, 2.05) is 23.6 Å². The molecule has 0 atom stereocenters. The summed E-state index contributed by atoms with van der Waals surface area (Å²) in [5, 5.41) is 10.2. The van der Waals surface area contributed by atoms with Gasteiger partial charge in [0.05, 0.1) is 11.4 Å². The summed E-state index contributed by atoms with van der Waals surface area (Å²) in [5.41, 5.74) is 7.88. The van der Waals surface area contributed by atoms with Crippen LogP contribution in [0.4, 0.5) is 4.39 Å². The predicted octanol–water partition coefficient (Wildman–Crippen LogP) is 2.65. The summed E-state index contributed by atoms with van der Waals surface area (Å²) in [4.78, 5) is 1.03. The molecule has 0 aliphatic heterocycles. The lowest BCUT2D eigenvalue weighted by Gasteiger charge is -2.07. The quantitative estimate of drug-likeness (QED) is 0.803. The van der Waals surface area contributed by atoms with E-state index in [0.717, 1.165) is 16.3 Å². The summed E-state index contributed by atoms with van der Waals surface area (Å²) in [6.07, 6.45) is 0. The Balaban J connectivity index is 2.03. The molecule has 3 aromatic rings. The molecule has 0 spiro atoms. The zero-order valence-corrected chi connectivity index (χ0v) is 11.5. The number of nitrogens with zero attached hydrogens (tertiary/aromatic N) is 3. The van der Waals surface area contributed by atoms with E-state index in [2.05, 4.69) is 10.3 Å². The van der Waals surface area contributed by atoms with Crippen LogP contribution in [-0.2, 0) is 13.1 Å². The highest BCUT2D eigenvalue weighted by Gasteiger charge is 2.15. The maximum absolute atomic E-state index is 13.8. The van der Waals surface area contributed by atoms with E-state index in [1.165, 1.54) is 6.07 Å². The van der Waals surface area contributed by atoms with Gasteiger partial charge in [-0.2, -0.15) is 0 Å². The molecule has 4 nitrogen and oxygen atoms in total. The largest absolute Gasteiger partial charge is 0.325 e. The van der Waals surface area contributed by atoms with Gasteiger partial charge < -0.3 is 5.73 Å². The summed E-state index contributed by atoms with van der Waals surface area (Å²) in [6.45, 7) is 0.650. The Morgan fingerprint density at radius 3 is 2.75 bits per heavy atom. The molecule has 3 rings (SSSR count). The molecule has 0 saturated heterocycles. The van der Waals surface area contributed by atoms with Gasteiger partial charge in [0.15, 0.2) is 0 Å². The summed E-state index contributed by atoms with van der Waals surface area (Å²) < 4.78 is 15.5. The third kappa shape index (κ3) is 2.35. The third-order valence-corrected chi connectivity index (χ3v) is 3.91. The summed E-state index contributed by atoms with van der Waals surface area (Å²) in [5.74, 6) is -0.241. The zero-order valence-electron chi connectivity index (χ0n) is 10.7. The van der Waals surface area contributed by atoms with Crippen LogP contribution in [0, 0.1) is 5.82 Å². The number of thiophene rings is 1. The lowest BCUT2D eigenvalue weighted by atomic mass is 10.2. The average Bonchev–Trinajstić information content (AvgIpc) is 3.09. The first-order valence-corrected chi connectivity index (χ1v) is 7.07. The summed E-state index contributed by atoms with van der Waals surface area (Å²) in [6, 6.07) is 10.6. The zero-order chi connectivity index (χ0) is 13.9. The Hall–Kier alpha value is -2.05. The molecule has 1 aromatic carbocycles. The van der Waals surface area contributed by atoms with Crippen molar-refractivity contribution >= 4 is 11.3 Å². The number of hydrogen-bond acceptors (Lipinski definition) is 4. The molecular weight excluding hydrogens is 275 g/mol. The maximum Gasteiger partial charge on any atom is 0.128 e. The minimum absolute atomic E-state index is 0.241. The Morgan fingerprint density at radius 2 is 2.05 bits per heavy atom. The van der Waals surface area contributed by atoms with Crippen LogP contribution in [0.3, 0.4) is 0 Å². The van der Waals surface area contributed by atoms with Crippen LogP contribution in [0.5, 0.6) is 0 Å². The fourth-order valence-corrected chi connectivity index (χ4v) is 2.86. The van der Waals surface area contributed by atoms with Crippen molar-refractivity contribution in [2.24, 2.45) is 5.73 Å². The molecule has 0 radical (unpaired) electrons. The molecule has 0 saturated carbocycles. The molecule has 0 unspecified atom stereocenters. The van der Waals surface area contributed by atoms with Crippen molar-refractivity contribution in [3.05, 3.63) is 58.9 Å². The fourth-order valence-electron chi connectivity index (χ4n) is 2.07. The molecule has 0 bridgehead atoms. The van der Waals surface area contributed by atoms with Crippen LogP contribution in [0.1, 0.15) is 11.3 Å². The highest BCUT2D eigenvalue weighted by Crippen LogP contribution is 2.27. The molecule has 0 amide bonds. The third-order valence-electron chi connectivity index (χ3n) is 3.03. The van der Waals surface area contributed by atoms with Crippen LogP contribution >= 0.6 is 11.3 Å². The molecule has 2 aromatic heterocycles. The van der Waals surface area contributed by atoms with E-state index < -0.39 is 0 Å². The monoisotopic (exact) mass is 288 g/mol. The normalized spacial score (nSPS) is 10.9. The topological polar surface area (TPSA) is 56.7 Å². The Bertz CT molecular complexity index is 706. The number of rotatable bonds is 4. The molecule has 6 heteroatoms. The first kappa shape index (κ1) is 13.0. The van der Waals surface area contributed by atoms with E-state index in [9.17, 15) is 4.39 Å². The number of hydrogen-bond donors (Lipinski definition) is 1. The second-order valence-corrected chi connectivity index (χ2v) is 5.26. The van der Waals surface area contributed by atoms with Gasteiger partial charge in [0.2, 0.25) is 0 Å². The van der Waals surface area contributed by atoms with E-state index in [4.69, 9.17) is 5.73 Å². The van der Waals surface area contributed by atoms with Gasteiger partial charge in [0, 0.05) is 12.1 Å². The van der Waals surface area contributed by atoms with Crippen molar-refractivity contribution < 1.29 is 4.39 Å². The highest BCUT2D eigenvalue weighted by atomic mass is 32.1. The van der Waals surface area contributed by atoms with Gasteiger partial charge in [-0.3, -0.25) is 0 Å². The molecule has 20 heavy (non-hydrogen) atoms. The summed E-state index contributed by atoms with van der Waals surface area (Å²) >= 11 is 1.59. The fraction of sp³-hybridized carbons (Fsp3) is 0.143. The highest BCUT2D eigenvalue weighted by molar-refractivity contribution is 7.13. The number of halogens is 1. The predicted molar refractivity (Wildman–Crippen MR) is 76.7 cm³/mol. The second-order valence-electron chi connectivity index (χ2n) is 4.32. The van der Waals surface area contributed by atoms with Crippen molar-refractivity contribution in [2.75, 3.05) is 0 Å². The molecule has 0 aliphatic carbocycles. The summed E-state index contributed by atoms with van der Waals surface area (Å²) in [7, 11) is 0.